The Morgan fingerprint density at radius 1 is 1.24 bits per heavy atom. The first kappa shape index (κ1) is 13.0. The Kier molecular flexibility index (Phi) is 5.00. The third-order valence-electron chi connectivity index (χ3n) is 1.91. The third kappa shape index (κ3) is 3.79. The van der Waals surface area contributed by atoms with Crippen LogP contribution in [0.5, 0.6) is 5.75 Å². The largest absolute Gasteiger partial charge is 0.462 e. The molecule has 0 aliphatic heterocycles. The summed E-state index contributed by atoms with van der Waals surface area (Å²) in [7, 11) is 0. The Balaban J connectivity index is 2.84. The van der Waals surface area contributed by atoms with Gasteiger partial charge in [-0.2, -0.15) is 0 Å². The molecule has 0 radical (unpaired) electrons. The van der Waals surface area contributed by atoms with E-state index in [1.54, 1.807) is 38.1 Å². The second-order valence-electron chi connectivity index (χ2n) is 3.14. The Hall–Kier alpha value is -2.04. The molecule has 92 valence electrons. The van der Waals surface area contributed by atoms with Crippen molar-refractivity contribution < 1.29 is 19.1 Å². The van der Waals surface area contributed by atoms with E-state index in [2.05, 4.69) is 5.32 Å². The highest BCUT2D eigenvalue weighted by molar-refractivity contribution is 5.93. The second-order valence-corrected chi connectivity index (χ2v) is 3.14. The summed E-state index contributed by atoms with van der Waals surface area (Å²) >= 11 is 0. The van der Waals surface area contributed by atoms with Gasteiger partial charge in [0.15, 0.2) is 0 Å². The summed E-state index contributed by atoms with van der Waals surface area (Å²) in [5, 5.41) is 2.48. The molecule has 0 heterocycles. The van der Waals surface area contributed by atoms with E-state index in [0.717, 1.165) is 0 Å². The first-order valence-corrected chi connectivity index (χ1v) is 5.40. The van der Waals surface area contributed by atoms with Gasteiger partial charge in [-0.1, -0.05) is 12.1 Å². The normalized spacial score (nSPS) is 9.53. The number of rotatable bonds is 4. The zero-order valence-corrected chi connectivity index (χ0v) is 9.86. The monoisotopic (exact) mass is 237 g/mol. The van der Waals surface area contributed by atoms with E-state index in [1.807, 2.05) is 0 Å². The minimum atomic E-state index is -0.593. The van der Waals surface area contributed by atoms with Crippen molar-refractivity contribution in [2.24, 2.45) is 0 Å². The first-order chi connectivity index (χ1) is 8.19. The number of hydrogen-bond donors (Lipinski definition) is 1. The van der Waals surface area contributed by atoms with E-state index in [9.17, 15) is 9.59 Å². The molecule has 0 saturated carbocycles. The van der Waals surface area contributed by atoms with Gasteiger partial charge in [-0.05, 0) is 26.0 Å². The molecule has 0 atom stereocenters. The van der Waals surface area contributed by atoms with Crippen molar-refractivity contribution in [3.05, 3.63) is 29.8 Å². The minimum Gasteiger partial charge on any atom is -0.462 e. The average molecular weight is 237 g/mol. The van der Waals surface area contributed by atoms with Crippen molar-refractivity contribution in [3.8, 4) is 5.75 Å². The van der Waals surface area contributed by atoms with E-state index < -0.39 is 12.1 Å². The standard InChI is InChI=1S/C12H15NO4/c1-3-13-12(15)17-10-8-6-5-7-9(10)11(14)16-4-2/h5-8H,3-4H2,1-2H3,(H,13,15). The van der Waals surface area contributed by atoms with Crippen LogP contribution in [0.3, 0.4) is 0 Å². The van der Waals surface area contributed by atoms with Crippen molar-refractivity contribution in [2.45, 2.75) is 13.8 Å². The Morgan fingerprint density at radius 3 is 2.59 bits per heavy atom. The highest BCUT2D eigenvalue weighted by atomic mass is 16.6. The number of esters is 1. The van der Waals surface area contributed by atoms with E-state index in [0.29, 0.717) is 6.54 Å². The summed E-state index contributed by atoms with van der Waals surface area (Å²) in [6.07, 6.45) is -0.593. The second kappa shape index (κ2) is 6.52. The summed E-state index contributed by atoms with van der Waals surface area (Å²) in [5.41, 5.74) is 0.237. The summed E-state index contributed by atoms with van der Waals surface area (Å²) in [5.74, 6) is -0.315. The van der Waals surface area contributed by atoms with Gasteiger partial charge in [-0.15, -0.1) is 0 Å². The van der Waals surface area contributed by atoms with Gasteiger partial charge < -0.3 is 14.8 Å². The SMILES string of the molecule is CCNC(=O)Oc1ccccc1C(=O)OCC. The number of para-hydroxylation sites is 1. The van der Waals surface area contributed by atoms with Gasteiger partial charge in [0, 0.05) is 6.54 Å². The zero-order chi connectivity index (χ0) is 12.7. The van der Waals surface area contributed by atoms with Gasteiger partial charge in [-0.3, -0.25) is 0 Å². The fourth-order valence-corrected chi connectivity index (χ4v) is 1.21. The van der Waals surface area contributed by atoms with Gasteiger partial charge in [0.25, 0.3) is 0 Å². The molecular formula is C12H15NO4. The van der Waals surface area contributed by atoms with Crippen LogP contribution in [0, 0.1) is 0 Å². The lowest BCUT2D eigenvalue weighted by atomic mass is 10.2. The molecule has 1 aromatic rings. The molecule has 5 heteroatoms. The average Bonchev–Trinajstić information content (AvgIpc) is 2.30. The molecule has 17 heavy (non-hydrogen) atoms. The van der Waals surface area contributed by atoms with Crippen LogP contribution < -0.4 is 10.1 Å². The predicted octanol–water partition coefficient (Wildman–Crippen LogP) is 1.97. The van der Waals surface area contributed by atoms with Gasteiger partial charge in [-0.25, -0.2) is 9.59 Å². The molecule has 0 saturated heterocycles. The highest BCUT2D eigenvalue weighted by Crippen LogP contribution is 2.18. The van der Waals surface area contributed by atoms with Crippen LogP contribution in [0.1, 0.15) is 24.2 Å². The topological polar surface area (TPSA) is 64.6 Å². The lowest BCUT2D eigenvalue weighted by Gasteiger charge is -2.09. The molecule has 1 N–H and O–H groups in total. The van der Waals surface area contributed by atoms with E-state index >= 15 is 0 Å². The zero-order valence-electron chi connectivity index (χ0n) is 9.86. The van der Waals surface area contributed by atoms with Crippen molar-refractivity contribution >= 4 is 12.1 Å². The molecule has 0 unspecified atom stereocenters. The van der Waals surface area contributed by atoms with Crippen LogP contribution in [-0.4, -0.2) is 25.2 Å². The fraction of sp³-hybridized carbons (Fsp3) is 0.333. The lowest BCUT2D eigenvalue weighted by Crippen LogP contribution is -2.27. The molecule has 0 fully saturated rings. The smallest absolute Gasteiger partial charge is 0.412 e. The number of hydrogen-bond acceptors (Lipinski definition) is 4. The number of nitrogens with one attached hydrogen (secondary N) is 1. The van der Waals surface area contributed by atoms with Crippen LogP contribution in [0.15, 0.2) is 24.3 Å². The van der Waals surface area contributed by atoms with E-state index in [-0.39, 0.29) is 17.9 Å². The van der Waals surface area contributed by atoms with Crippen LogP contribution in [0.4, 0.5) is 4.79 Å². The maximum absolute atomic E-state index is 11.6. The maximum atomic E-state index is 11.6. The van der Waals surface area contributed by atoms with Gasteiger partial charge in [0.2, 0.25) is 0 Å². The van der Waals surface area contributed by atoms with Crippen LogP contribution in [0.25, 0.3) is 0 Å². The minimum absolute atomic E-state index is 0.192. The van der Waals surface area contributed by atoms with E-state index in [4.69, 9.17) is 9.47 Å². The van der Waals surface area contributed by atoms with Crippen molar-refractivity contribution in [1.82, 2.24) is 5.32 Å². The van der Waals surface area contributed by atoms with Crippen LogP contribution >= 0.6 is 0 Å². The Morgan fingerprint density at radius 2 is 1.94 bits per heavy atom. The summed E-state index contributed by atoms with van der Waals surface area (Å²) < 4.78 is 9.86. The molecule has 1 aromatic carbocycles. The molecule has 0 aliphatic rings. The van der Waals surface area contributed by atoms with Gasteiger partial charge in [0.1, 0.15) is 11.3 Å². The molecule has 1 amide bonds. The fourth-order valence-electron chi connectivity index (χ4n) is 1.21. The number of ether oxygens (including phenoxy) is 2. The Bertz CT molecular complexity index is 403. The van der Waals surface area contributed by atoms with Crippen molar-refractivity contribution in [2.75, 3.05) is 13.2 Å². The molecule has 0 aliphatic carbocycles. The molecular weight excluding hydrogens is 222 g/mol. The quantitative estimate of drug-likeness (QED) is 0.813. The number of carbonyl (C=O) groups is 2. The highest BCUT2D eigenvalue weighted by Gasteiger charge is 2.15. The Labute approximate surface area is 99.7 Å². The number of carbonyl (C=O) groups excluding carboxylic acids is 2. The molecule has 5 nitrogen and oxygen atoms in total. The van der Waals surface area contributed by atoms with E-state index in [1.165, 1.54) is 0 Å². The van der Waals surface area contributed by atoms with Crippen LogP contribution in [-0.2, 0) is 4.74 Å². The van der Waals surface area contributed by atoms with Gasteiger partial charge >= 0.3 is 12.1 Å². The van der Waals surface area contributed by atoms with Crippen molar-refractivity contribution in [3.63, 3.8) is 0 Å². The van der Waals surface area contributed by atoms with Crippen molar-refractivity contribution in [1.29, 1.82) is 0 Å². The lowest BCUT2D eigenvalue weighted by molar-refractivity contribution is 0.0523. The first-order valence-electron chi connectivity index (χ1n) is 5.40. The summed E-state index contributed by atoms with van der Waals surface area (Å²) in [6, 6.07) is 6.45. The summed E-state index contributed by atoms with van der Waals surface area (Å²) in [6.45, 7) is 4.22. The third-order valence-corrected chi connectivity index (χ3v) is 1.91. The molecule has 0 aromatic heterocycles. The predicted molar refractivity (Wildman–Crippen MR) is 62.1 cm³/mol. The van der Waals surface area contributed by atoms with Crippen LogP contribution in [0.2, 0.25) is 0 Å². The summed E-state index contributed by atoms with van der Waals surface area (Å²) in [4.78, 5) is 22.8. The number of amides is 1. The molecule has 0 spiro atoms. The number of benzene rings is 1. The van der Waals surface area contributed by atoms with Gasteiger partial charge in [0.05, 0.1) is 6.61 Å². The maximum Gasteiger partial charge on any atom is 0.412 e. The molecule has 1 rings (SSSR count). The molecule has 0 bridgehead atoms.